The first-order valence-electron chi connectivity index (χ1n) is 8.35. The molecule has 2 aromatic rings. The van der Waals surface area contributed by atoms with Gasteiger partial charge in [-0.1, -0.05) is 37.3 Å². The Balaban J connectivity index is 1.42. The Morgan fingerprint density at radius 2 is 1.76 bits per heavy atom. The number of carbonyl (C=O) groups is 2. The van der Waals surface area contributed by atoms with Crippen molar-refractivity contribution < 1.29 is 19.1 Å². The van der Waals surface area contributed by atoms with Gasteiger partial charge in [0.05, 0.1) is 5.92 Å². The second-order valence-electron chi connectivity index (χ2n) is 6.27. The van der Waals surface area contributed by atoms with Crippen molar-refractivity contribution in [3.05, 3.63) is 60.2 Å². The van der Waals surface area contributed by atoms with Gasteiger partial charge in [0, 0.05) is 5.69 Å². The van der Waals surface area contributed by atoms with E-state index < -0.39 is 0 Å². The van der Waals surface area contributed by atoms with Gasteiger partial charge in [0.25, 0.3) is 5.91 Å². The zero-order valence-corrected chi connectivity index (χ0v) is 14.1. The van der Waals surface area contributed by atoms with Crippen LogP contribution in [0.2, 0.25) is 0 Å². The summed E-state index contributed by atoms with van der Waals surface area (Å²) in [6, 6.07) is 17.0. The third-order valence-corrected chi connectivity index (χ3v) is 4.14. The molecule has 0 saturated heterocycles. The maximum atomic E-state index is 11.8. The number of hydrogen-bond donors (Lipinski definition) is 1. The molecule has 1 fully saturated rings. The van der Waals surface area contributed by atoms with Gasteiger partial charge in [-0.2, -0.15) is 0 Å². The second kappa shape index (κ2) is 7.83. The van der Waals surface area contributed by atoms with Crippen LogP contribution >= 0.6 is 0 Å². The highest BCUT2D eigenvalue weighted by Crippen LogP contribution is 2.38. The Kier molecular flexibility index (Phi) is 5.33. The van der Waals surface area contributed by atoms with E-state index in [1.165, 1.54) is 0 Å². The van der Waals surface area contributed by atoms with Crippen molar-refractivity contribution in [1.29, 1.82) is 0 Å². The molecule has 0 heterocycles. The number of amides is 1. The van der Waals surface area contributed by atoms with Gasteiger partial charge in [-0.3, -0.25) is 9.59 Å². The van der Waals surface area contributed by atoms with E-state index in [2.05, 4.69) is 5.32 Å². The lowest BCUT2D eigenvalue weighted by Gasteiger charge is -2.09. The number of carbonyl (C=O) groups excluding carboxylic acids is 2. The molecule has 3 rings (SSSR count). The highest BCUT2D eigenvalue weighted by molar-refractivity contribution is 5.93. The van der Waals surface area contributed by atoms with Gasteiger partial charge in [-0.05, 0) is 42.2 Å². The Labute approximate surface area is 147 Å². The molecule has 1 N–H and O–H groups in total. The van der Waals surface area contributed by atoms with Crippen molar-refractivity contribution in [2.75, 3.05) is 11.9 Å². The summed E-state index contributed by atoms with van der Waals surface area (Å²) >= 11 is 0. The molecule has 0 aliphatic heterocycles. The Bertz CT molecular complexity index is 727. The molecule has 130 valence electrons. The van der Waals surface area contributed by atoms with Crippen molar-refractivity contribution in [3.63, 3.8) is 0 Å². The zero-order valence-electron chi connectivity index (χ0n) is 14.1. The Morgan fingerprint density at radius 3 is 2.40 bits per heavy atom. The summed E-state index contributed by atoms with van der Waals surface area (Å²) in [5, 5.41) is 2.70. The quantitative estimate of drug-likeness (QED) is 0.785. The zero-order chi connectivity index (χ0) is 17.6. The molecular weight excluding hydrogens is 318 g/mol. The smallest absolute Gasteiger partial charge is 0.309 e. The highest BCUT2D eigenvalue weighted by Gasteiger charge is 2.40. The minimum atomic E-state index is -0.348. The number of rotatable bonds is 7. The standard InChI is InChI=1S/C20H21NO4/c1-14-11-18(14)20(23)25-13-19(22)21-16-7-9-17(10-8-16)24-12-15-5-3-2-4-6-15/h2-10,14,18H,11-13H2,1H3,(H,21,22)/t14-,18+/m0/s1. The molecule has 2 atom stereocenters. The van der Waals surface area contributed by atoms with Crippen LogP contribution in [0.4, 0.5) is 5.69 Å². The molecule has 5 heteroatoms. The predicted molar refractivity (Wildman–Crippen MR) is 94.1 cm³/mol. The van der Waals surface area contributed by atoms with Crippen molar-refractivity contribution in [3.8, 4) is 5.75 Å². The van der Waals surface area contributed by atoms with Crippen LogP contribution in [0, 0.1) is 11.8 Å². The normalized spacial score (nSPS) is 18.3. The molecule has 1 aliphatic carbocycles. The predicted octanol–water partition coefficient (Wildman–Crippen LogP) is 3.40. The average Bonchev–Trinajstić information content (AvgIpc) is 3.37. The van der Waals surface area contributed by atoms with Crippen LogP contribution in [-0.2, 0) is 20.9 Å². The lowest BCUT2D eigenvalue weighted by atomic mass is 10.2. The largest absolute Gasteiger partial charge is 0.489 e. The lowest BCUT2D eigenvalue weighted by molar-refractivity contribution is -0.148. The van der Waals surface area contributed by atoms with Gasteiger partial charge in [0.15, 0.2) is 6.61 Å². The molecule has 1 amide bonds. The van der Waals surface area contributed by atoms with Crippen molar-refractivity contribution in [2.24, 2.45) is 11.8 Å². The Morgan fingerprint density at radius 1 is 1.08 bits per heavy atom. The fourth-order valence-corrected chi connectivity index (χ4v) is 2.47. The monoisotopic (exact) mass is 339 g/mol. The number of esters is 1. The van der Waals surface area contributed by atoms with E-state index in [-0.39, 0.29) is 24.4 Å². The maximum Gasteiger partial charge on any atom is 0.309 e. The summed E-state index contributed by atoms with van der Waals surface area (Å²) < 4.78 is 10.7. The molecule has 25 heavy (non-hydrogen) atoms. The van der Waals surface area contributed by atoms with Crippen LogP contribution in [0.15, 0.2) is 54.6 Å². The number of nitrogens with one attached hydrogen (secondary N) is 1. The summed E-state index contributed by atoms with van der Waals surface area (Å²) in [6.45, 7) is 2.23. The van der Waals surface area contributed by atoms with Gasteiger partial charge < -0.3 is 14.8 Å². The third-order valence-electron chi connectivity index (χ3n) is 4.14. The first-order chi connectivity index (χ1) is 12.1. The lowest BCUT2D eigenvalue weighted by Crippen LogP contribution is -2.21. The summed E-state index contributed by atoms with van der Waals surface area (Å²) in [7, 11) is 0. The average molecular weight is 339 g/mol. The summed E-state index contributed by atoms with van der Waals surface area (Å²) in [5.41, 5.74) is 1.72. The summed E-state index contributed by atoms with van der Waals surface area (Å²) in [5.74, 6) is 0.427. The van der Waals surface area contributed by atoms with Gasteiger partial charge >= 0.3 is 5.97 Å². The van der Waals surface area contributed by atoms with E-state index in [4.69, 9.17) is 9.47 Å². The van der Waals surface area contributed by atoms with Crippen LogP contribution in [0.1, 0.15) is 18.9 Å². The minimum absolute atomic E-state index is 0.0335. The topological polar surface area (TPSA) is 64.6 Å². The molecule has 0 unspecified atom stereocenters. The molecule has 1 aliphatic rings. The molecule has 0 aromatic heterocycles. The Hall–Kier alpha value is -2.82. The summed E-state index contributed by atoms with van der Waals surface area (Å²) in [4.78, 5) is 23.4. The van der Waals surface area contributed by atoms with Crippen LogP contribution in [-0.4, -0.2) is 18.5 Å². The van der Waals surface area contributed by atoms with Crippen LogP contribution < -0.4 is 10.1 Å². The maximum absolute atomic E-state index is 11.8. The minimum Gasteiger partial charge on any atom is -0.489 e. The fraction of sp³-hybridized carbons (Fsp3) is 0.300. The van der Waals surface area contributed by atoms with E-state index in [0.717, 1.165) is 17.7 Å². The molecule has 1 saturated carbocycles. The van der Waals surface area contributed by atoms with Crippen molar-refractivity contribution >= 4 is 17.6 Å². The van der Waals surface area contributed by atoms with Gasteiger partial charge in [-0.25, -0.2) is 0 Å². The van der Waals surface area contributed by atoms with Gasteiger partial charge in [0.1, 0.15) is 12.4 Å². The molecule has 2 aromatic carbocycles. The van der Waals surface area contributed by atoms with Crippen LogP contribution in [0.25, 0.3) is 0 Å². The first kappa shape index (κ1) is 17.0. The highest BCUT2D eigenvalue weighted by atomic mass is 16.5. The third kappa shape index (κ3) is 5.08. The van der Waals surface area contributed by atoms with Gasteiger partial charge in [-0.15, -0.1) is 0 Å². The van der Waals surface area contributed by atoms with E-state index in [9.17, 15) is 9.59 Å². The van der Waals surface area contributed by atoms with E-state index in [0.29, 0.717) is 18.2 Å². The van der Waals surface area contributed by atoms with Crippen LogP contribution in [0.3, 0.4) is 0 Å². The van der Waals surface area contributed by atoms with E-state index >= 15 is 0 Å². The van der Waals surface area contributed by atoms with Crippen molar-refractivity contribution in [2.45, 2.75) is 20.0 Å². The number of hydrogen-bond acceptors (Lipinski definition) is 4. The van der Waals surface area contributed by atoms with Crippen molar-refractivity contribution in [1.82, 2.24) is 0 Å². The number of ether oxygens (including phenoxy) is 2. The molecule has 0 radical (unpaired) electrons. The SMILES string of the molecule is C[C@H]1C[C@H]1C(=O)OCC(=O)Nc1ccc(OCc2ccccc2)cc1. The second-order valence-corrected chi connectivity index (χ2v) is 6.27. The van der Waals surface area contributed by atoms with Crippen LogP contribution in [0.5, 0.6) is 5.75 Å². The number of benzene rings is 2. The van der Waals surface area contributed by atoms with E-state index in [1.54, 1.807) is 24.3 Å². The van der Waals surface area contributed by atoms with Gasteiger partial charge in [0.2, 0.25) is 0 Å². The van der Waals surface area contributed by atoms with E-state index in [1.807, 2.05) is 37.3 Å². The molecule has 0 spiro atoms. The first-order valence-corrected chi connectivity index (χ1v) is 8.35. The molecular formula is C20H21NO4. The summed E-state index contributed by atoms with van der Waals surface area (Å²) in [6.07, 6.45) is 0.852. The molecule has 5 nitrogen and oxygen atoms in total. The molecule has 0 bridgehead atoms. The number of anilines is 1. The fourth-order valence-electron chi connectivity index (χ4n) is 2.47.